The molecule has 1 aromatic carbocycles. The Morgan fingerprint density at radius 2 is 1.78 bits per heavy atom. The number of rotatable bonds is 6. The molecule has 0 spiro atoms. The Balaban J connectivity index is 3.41. The fourth-order valence-corrected chi connectivity index (χ4v) is 3.78. The van der Waals surface area contributed by atoms with Crippen molar-refractivity contribution in [2.45, 2.75) is 50.2 Å². The van der Waals surface area contributed by atoms with Crippen molar-refractivity contribution < 1.29 is 26.3 Å². The summed E-state index contributed by atoms with van der Waals surface area (Å²) in [5.74, 6) is -0.147. The van der Waals surface area contributed by atoms with E-state index in [0.717, 1.165) is 12.1 Å². The average molecular weight is 353 g/mol. The molecular formula is C15H22F3NO3S. The Morgan fingerprint density at radius 3 is 2.22 bits per heavy atom. The summed E-state index contributed by atoms with van der Waals surface area (Å²) in [6.45, 7) is 6.57. The highest BCUT2D eigenvalue weighted by atomic mass is 32.2. The molecule has 0 aromatic heterocycles. The van der Waals surface area contributed by atoms with Gasteiger partial charge in [0.05, 0.1) is 22.6 Å². The van der Waals surface area contributed by atoms with Crippen LogP contribution in [-0.2, 0) is 20.9 Å². The van der Waals surface area contributed by atoms with Gasteiger partial charge < -0.3 is 4.74 Å². The zero-order chi connectivity index (χ0) is 18.1. The van der Waals surface area contributed by atoms with Gasteiger partial charge >= 0.3 is 6.18 Å². The minimum absolute atomic E-state index is 0.0255. The molecule has 1 N–H and O–H groups in total. The fourth-order valence-electron chi connectivity index (χ4n) is 2.17. The summed E-state index contributed by atoms with van der Waals surface area (Å²) in [5.41, 5.74) is -1.77. The van der Waals surface area contributed by atoms with Crippen LogP contribution in [0.15, 0.2) is 23.1 Å². The van der Waals surface area contributed by atoms with Gasteiger partial charge in [-0.1, -0.05) is 19.9 Å². The summed E-state index contributed by atoms with van der Waals surface area (Å²) in [4.78, 5) is -0.779. The topological polar surface area (TPSA) is 55.4 Å². The van der Waals surface area contributed by atoms with Gasteiger partial charge in [-0.15, -0.1) is 0 Å². The molecule has 0 aliphatic carbocycles. The standard InChI is InChI=1S/C15H22F3NO3S/c1-10(2)11-6-7-13(12(8-11)15(16,17)18)23(20,21)19-14(3,4)9-22-5/h6-8,10,19H,9H2,1-5H3. The Hall–Kier alpha value is -1.12. The lowest BCUT2D eigenvalue weighted by Gasteiger charge is -2.26. The summed E-state index contributed by atoms with van der Waals surface area (Å²) < 4.78 is 71.8. The molecule has 0 unspecified atom stereocenters. The van der Waals surface area contributed by atoms with Crippen LogP contribution in [0.2, 0.25) is 0 Å². The van der Waals surface area contributed by atoms with Crippen LogP contribution in [0.1, 0.15) is 44.7 Å². The van der Waals surface area contributed by atoms with E-state index in [2.05, 4.69) is 4.72 Å². The minimum atomic E-state index is -4.76. The first-order chi connectivity index (χ1) is 10.3. The van der Waals surface area contributed by atoms with Crippen molar-refractivity contribution in [2.24, 2.45) is 0 Å². The molecule has 0 saturated heterocycles. The molecule has 0 atom stereocenters. The molecule has 1 aromatic rings. The van der Waals surface area contributed by atoms with Crippen LogP contribution in [0.3, 0.4) is 0 Å². The largest absolute Gasteiger partial charge is 0.417 e. The summed E-state index contributed by atoms with van der Waals surface area (Å²) in [7, 11) is -2.96. The zero-order valence-electron chi connectivity index (χ0n) is 13.8. The van der Waals surface area contributed by atoms with Gasteiger partial charge in [-0.3, -0.25) is 0 Å². The summed E-state index contributed by atoms with van der Waals surface area (Å²) in [5, 5.41) is 0. The van der Waals surface area contributed by atoms with Gasteiger partial charge in [0.2, 0.25) is 10.0 Å². The Labute approximate surface area is 135 Å². The normalized spacial score (nSPS) is 13.6. The van der Waals surface area contributed by atoms with Gasteiger partial charge in [0.15, 0.2) is 0 Å². The van der Waals surface area contributed by atoms with Crippen LogP contribution in [0, 0.1) is 0 Å². The monoisotopic (exact) mass is 353 g/mol. The second-order valence-corrected chi connectivity index (χ2v) is 7.98. The number of sulfonamides is 1. The molecule has 0 radical (unpaired) electrons. The van der Waals surface area contributed by atoms with E-state index in [1.807, 2.05) is 0 Å². The number of alkyl halides is 3. The van der Waals surface area contributed by atoms with Crippen molar-refractivity contribution in [1.29, 1.82) is 0 Å². The summed E-state index contributed by atoms with van der Waals surface area (Å²) >= 11 is 0. The Kier molecular flexibility index (Phi) is 5.88. The van der Waals surface area contributed by atoms with Crippen molar-refractivity contribution in [3.05, 3.63) is 29.3 Å². The molecule has 23 heavy (non-hydrogen) atoms. The second kappa shape index (κ2) is 6.78. The van der Waals surface area contributed by atoms with E-state index < -0.39 is 32.2 Å². The van der Waals surface area contributed by atoms with E-state index >= 15 is 0 Å². The molecule has 0 heterocycles. The number of hydrogen-bond donors (Lipinski definition) is 1. The lowest BCUT2D eigenvalue weighted by atomic mass is 10.0. The third kappa shape index (κ3) is 5.19. The zero-order valence-corrected chi connectivity index (χ0v) is 14.6. The van der Waals surface area contributed by atoms with Crippen molar-refractivity contribution >= 4 is 10.0 Å². The molecule has 8 heteroatoms. The molecule has 1 rings (SSSR count). The molecular weight excluding hydrogens is 331 g/mol. The van der Waals surface area contributed by atoms with Crippen LogP contribution < -0.4 is 4.72 Å². The maximum atomic E-state index is 13.3. The van der Waals surface area contributed by atoms with Gasteiger partial charge in [0, 0.05) is 7.11 Å². The predicted molar refractivity (Wildman–Crippen MR) is 81.8 cm³/mol. The average Bonchev–Trinajstić information content (AvgIpc) is 2.35. The van der Waals surface area contributed by atoms with E-state index in [1.54, 1.807) is 13.8 Å². The molecule has 4 nitrogen and oxygen atoms in total. The van der Waals surface area contributed by atoms with Crippen molar-refractivity contribution in [3.63, 3.8) is 0 Å². The number of nitrogens with one attached hydrogen (secondary N) is 1. The van der Waals surface area contributed by atoms with Crippen LogP contribution >= 0.6 is 0 Å². The summed E-state index contributed by atoms with van der Waals surface area (Å²) in [6.07, 6.45) is -4.76. The van der Waals surface area contributed by atoms with E-state index in [1.165, 1.54) is 27.0 Å². The smallest absolute Gasteiger partial charge is 0.383 e. The fraction of sp³-hybridized carbons (Fsp3) is 0.600. The lowest BCUT2D eigenvalue weighted by Crippen LogP contribution is -2.47. The van der Waals surface area contributed by atoms with Gasteiger partial charge in [-0.05, 0) is 37.5 Å². The number of benzene rings is 1. The number of methoxy groups -OCH3 is 1. The first-order valence-electron chi connectivity index (χ1n) is 7.04. The van der Waals surface area contributed by atoms with Gasteiger partial charge in [-0.25, -0.2) is 13.1 Å². The number of hydrogen-bond acceptors (Lipinski definition) is 3. The van der Waals surface area contributed by atoms with Crippen LogP contribution in [0.5, 0.6) is 0 Å². The highest BCUT2D eigenvalue weighted by Crippen LogP contribution is 2.36. The number of halogens is 3. The Bertz CT molecular complexity index is 652. The molecule has 132 valence electrons. The quantitative estimate of drug-likeness (QED) is 0.851. The van der Waals surface area contributed by atoms with E-state index in [0.29, 0.717) is 5.56 Å². The molecule has 0 aliphatic heterocycles. The highest BCUT2D eigenvalue weighted by molar-refractivity contribution is 7.89. The van der Waals surface area contributed by atoms with E-state index in [4.69, 9.17) is 4.74 Å². The first-order valence-corrected chi connectivity index (χ1v) is 8.52. The van der Waals surface area contributed by atoms with Gasteiger partial charge in [0.1, 0.15) is 0 Å². The maximum Gasteiger partial charge on any atom is 0.417 e. The van der Waals surface area contributed by atoms with Crippen molar-refractivity contribution in [1.82, 2.24) is 4.72 Å². The molecule has 0 amide bonds. The molecule has 0 saturated carbocycles. The van der Waals surface area contributed by atoms with E-state index in [9.17, 15) is 21.6 Å². The third-order valence-corrected chi connectivity index (χ3v) is 4.94. The van der Waals surface area contributed by atoms with Crippen LogP contribution in [0.4, 0.5) is 13.2 Å². The third-order valence-electron chi connectivity index (χ3n) is 3.18. The second-order valence-electron chi connectivity index (χ2n) is 6.33. The lowest BCUT2D eigenvalue weighted by molar-refractivity contribution is -0.140. The van der Waals surface area contributed by atoms with Crippen molar-refractivity contribution in [3.8, 4) is 0 Å². The predicted octanol–water partition coefficient (Wildman–Crippen LogP) is 3.53. The first kappa shape index (κ1) is 19.9. The van der Waals surface area contributed by atoms with Crippen LogP contribution in [0.25, 0.3) is 0 Å². The molecule has 0 aliphatic rings. The maximum absolute atomic E-state index is 13.3. The molecule has 0 bridgehead atoms. The Morgan fingerprint density at radius 1 is 1.22 bits per heavy atom. The van der Waals surface area contributed by atoms with Crippen molar-refractivity contribution in [2.75, 3.05) is 13.7 Å². The minimum Gasteiger partial charge on any atom is -0.383 e. The van der Waals surface area contributed by atoms with Crippen LogP contribution in [-0.4, -0.2) is 27.7 Å². The SMILES string of the molecule is COCC(C)(C)NS(=O)(=O)c1ccc(C(C)C)cc1C(F)(F)F. The highest BCUT2D eigenvalue weighted by Gasteiger charge is 2.39. The molecule has 0 fully saturated rings. The van der Waals surface area contributed by atoms with E-state index in [-0.39, 0.29) is 12.5 Å². The van der Waals surface area contributed by atoms with Gasteiger partial charge in [-0.2, -0.15) is 13.2 Å². The number of ether oxygens (including phenoxy) is 1. The van der Waals surface area contributed by atoms with Gasteiger partial charge in [0.25, 0.3) is 0 Å². The summed E-state index contributed by atoms with van der Waals surface area (Å²) in [6, 6.07) is 3.30.